The van der Waals surface area contributed by atoms with Gasteiger partial charge in [0.1, 0.15) is 11.9 Å². The molecule has 0 aliphatic heterocycles. The predicted molar refractivity (Wildman–Crippen MR) is 104 cm³/mol. The lowest BCUT2D eigenvalue weighted by molar-refractivity contribution is 0.112. The molecule has 1 unspecified atom stereocenters. The summed E-state index contributed by atoms with van der Waals surface area (Å²) in [7, 11) is 1.67. The summed E-state index contributed by atoms with van der Waals surface area (Å²) in [5, 5.41) is 9.85. The van der Waals surface area contributed by atoms with E-state index >= 15 is 0 Å². The molecule has 1 rings (SSSR count). The maximum atomic E-state index is 9.85. The van der Waals surface area contributed by atoms with Crippen molar-refractivity contribution in [3.8, 4) is 17.6 Å². The van der Waals surface area contributed by atoms with Crippen LogP contribution in [0.25, 0.3) is 0 Å². The number of hydrogen-bond acceptors (Lipinski definition) is 3. The molecular weight excluding hydrogens is 312 g/mol. The lowest BCUT2D eigenvalue weighted by Crippen LogP contribution is -2.12. The van der Waals surface area contributed by atoms with Gasteiger partial charge in [-0.05, 0) is 55.2 Å². The van der Waals surface area contributed by atoms with Crippen LogP contribution in [0.3, 0.4) is 0 Å². The lowest BCUT2D eigenvalue weighted by atomic mass is 9.90. The number of methoxy groups -OCH3 is 1. The number of aliphatic hydroxyl groups excluding tert-OH is 1. The third-order valence-corrected chi connectivity index (χ3v) is 4.29. The van der Waals surface area contributed by atoms with Crippen LogP contribution in [-0.4, -0.2) is 24.9 Å². The largest absolute Gasteiger partial charge is 0.497 e. The Morgan fingerprint density at radius 3 is 2.44 bits per heavy atom. The number of rotatable bonds is 11. The fourth-order valence-corrected chi connectivity index (χ4v) is 3.01. The molecule has 1 aromatic carbocycles. The van der Waals surface area contributed by atoms with Crippen LogP contribution in [0.2, 0.25) is 0 Å². The molecule has 140 valence electrons. The molecule has 3 atom stereocenters. The van der Waals surface area contributed by atoms with Crippen molar-refractivity contribution in [3.05, 3.63) is 29.8 Å². The highest BCUT2D eigenvalue weighted by Crippen LogP contribution is 2.20. The van der Waals surface area contributed by atoms with Gasteiger partial charge >= 0.3 is 0 Å². The molecule has 0 aromatic heterocycles. The van der Waals surface area contributed by atoms with Gasteiger partial charge in [0.2, 0.25) is 0 Å². The van der Waals surface area contributed by atoms with Gasteiger partial charge in [-0.2, -0.15) is 0 Å². The molecule has 1 aromatic rings. The SMILES string of the molecule is CCC#CC(O)C[C@H](C)C[C@@H](C)CCCOCc1ccc(OC)cc1. The van der Waals surface area contributed by atoms with Gasteiger partial charge in [0.05, 0.1) is 13.7 Å². The minimum absolute atomic E-state index is 0.477. The Labute approximate surface area is 153 Å². The number of aliphatic hydroxyl groups is 1. The van der Waals surface area contributed by atoms with E-state index in [0.717, 1.165) is 44.5 Å². The molecule has 3 nitrogen and oxygen atoms in total. The van der Waals surface area contributed by atoms with Gasteiger partial charge in [0.25, 0.3) is 0 Å². The van der Waals surface area contributed by atoms with Crippen LogP contribution >= 0.6 is 0 Å². The zero-order valence-electron chi connectivity index (χ0n) is 16.3. The van der Waals surface area contributed by atoms with Crippen molar-refractivity contribution in [2.24, 2.45) is 11.8 Å². The predicted octanol–water partition coefficient (Wildman–Crippen LogP) is 4.82. The zero-order valence-corrected chi connectivity index (χ0v) is 16.3. The average Bonchev–Trinajstić information content (AvgIpc) is 2.60. The maximum Gasteiger partial charge on any atom is 0.118 e. The second-order valence-electron chi connectivity index (χ2n) is 6.92. The Morgan fingerprint density at radius 1 is 1.08 bits per heavy atom. The third kappa shape index (κ3) is 10.2. The second kappa shape index (κ2) is 12.8. The Bertz CT molecular complexity index is 512. The van der Waals surface area contributed by atoms with Crippen molar-refractivity contribution in [2.75, 3.05) is 13.7 Å². The summed E-state index contributed by atoms with van der Waals surface area (Å²) in [5.41, 5.74) is 1.17. The van der Waals surface area contributed by atoms with E-state index in [2.05, 4.69) is 25.7 Å². The van der Waals surface area contributed by atoms with Crippen molar-refractivity contribution in [2.45, 2.75) is 65.6 Å². The minimum atomic E-state index is -0.477. The highest BCUT2D eigenvalue weighted by molar-refractivity contribution is 5.26. The number of ether oxygens (including phenoxy) is 2. The van der Waals surface area contributed by atoms with E-state index in [1.54, 1.807) is 7.11 Å². The van der Waals surface area contributed by atoms with Crippen molar-refractivity contribution in [1.82, 2.24) is 0 Å². The van der Waals surface area contributed by atoms with Crippen LogP contribution in [0.1, 0.15) is 58.4 Å². The molecule has 0 saturated carbocycles. The Kier molecular flexibility index (Phi) is 11.0. The van der Waals surface area contributed by atoms with E-state index in [9.17, 15) is 5.11 Å². The van der Waals surface area contributed by atoms with Gasteiger partial charge in [-0.1, -0.05) is 38.8 Å². The van der Waals surface area contributed by atoms with E-state index in [1.807, 2.05) is 31.2 Å². The van der Waals surface area contributed by atoms with Gasteiger partial charge in [0, 0.05) is 13.0 Å². The van der Waals surface area contributed by atoms with Gasteiger partial charge in [0.15, 0.2) is 0 Å². The quantitative estimate of drug-likeness (QED) is 0.461. The maximum absolute atomic E-state index is 9.85. The standard InChI is InChI=1S/C22H34O3/c1-5-6-9-21(23)16-19(3)15-18(2)8-7-14-25-17-20-10-12-22(24-4)13-11-20/h10-13,18-19,21,23H,5,7-8,14-17H2,1-4H3/t18-,19+,21?/m0/s1. The third-order valence-electron chi connectivity index (χ3n) is 4.29. The first-order valence-electron chi connectivity index (χ1n) is 9.42. The van der Waals surface area contributed by atoms with Crippen molar-refractivity contribution >= 4 is 0 Å². The molecule has 0 aliphatic carbocycles. The lowest BCUT2D eigenvalue weighted by Gasteiger charge is -2.18. The smallest absolute Gasteiger partial charge is 0.118 e. The first kappa shape index (κ1) is 21.5. The molecule has 1 N–H and O–H groups in total. The molecule has 0 amide bonds. The van der Waals surface area contributed by atoms with Gasteiger partial charge < -0.3 is 14.6 Å². The molecule has 0 saturated heterocycles. The number of hydrogen-bond donors (Lipinski definition) is 1. The van der Waals surface area contributed by atoms with E-state index in [-0.39, 0.29) is 0 Å². The van der Waals surface area contributed by atoms with Crippen LogP contribution in [0.5, 0.6) is 5.75 Å². The van der Waals surface area contributed by atoms with Crippen molar-refractivity contribution in [3.63, 3.8) is 0 Å². The van der Waals surface area contributed by atoms with Crippen LogP contribution in [0, 0.1) is 23.7 Å². The van der Waals surface area contributed by atoms with Crippen LogP contribution in [0.15, 0.2) is 24.3 Å². The Hall–Kier alpha value is -1.50. The molecule has 25 heavy (non-hydrogen) atoms. The van der Waals surface area contributed by atoms with Crippen molar-refractivity contribution in [1.29, 1.82) is 0 Å². The summed E-state index contributed by atoms with van der Waals surface area (Å²) in [4.78, 5) is 0. The van der Waals surface area contributed by atoms with Crippen LogP contribution in [-0.2, 0) is 11.3 Å². The molecule has 0 bridgehead atoms. The summed E-state index contributed by atoms with van der Waals surface area (Å²) in [6.07, 6.45) is 4.45. The van der Waals surface area contributed by atoms with Gasteiger partial charge in [-0.25, -0.2) is 0 Å². The summed E-state index contributed by atoms with van der Waals surface area (Å²) in [5.74, 6) is 7.86. The zero-order chi connectivity index (χ0) is 18.5. The highest BCUT2D eigenvalue weighted by Gasteiger charge is 2.12. The van der Waals surface area contributed by atoms with Crippen LogP contribution in [0.4, 0.5) is 0 Å². The van der Waals surface area contributed by atoms with E-state index in [4.69, 9.17) is 9.47 Å². The summed E-state index contributed by atoms with van der Waals surface area (Å²) >= 11 is 0. The fourth-order valence-electron chi connectivity index (χ4n) is 3.01. The summed E-state index contributed by atoms with van der Waals surface area (Å²) < 4.78 is 10.9. The fraction of sp³-hybridized carbons (Fsp3) is 0.636. The average molecular weight is 347 g/mol. The summed E-state index contributed by atoms with van der Waals surface area (Å²) in [6.45, 7) is 7.92. The molecular formula is C22H34O3. The monoisotopic (exact) mass is 346 g/mol. The first-order valence-corrected chi connectivity index (χ1v) is 9.42. The van der Waals surface area contributed by atoms with Gasteiger partial charge in [-0.3, -0.25) is 0 Å². The molecule has 3 heteroatoms. The molecule has 0 spiro atoms. The highest BCUT2D eigenvalue weighted by atomic mass is 16.5. The van der Waals surface area contributed by atoms with E-state index < -0.39 is 6.10 Å². The van der Waals surface area contributed by atoms with Crippen molar-refractivity contribution < 1.29 is 14.6 Å². The number of benzene rings is 1. The van der Waals surface area contributed by atoms with E-state index in [0.29, 0.717) is 18.4 Å². The van der Waals surface area contributed by atoms with Crippen LogP contribution < -0.4 is 4.74 Å². The normalized spacial score (nSPS) is 14.3. The minimum Gasteiger partial charge on any atom is -0.497 e. The first-order chi connectivity index (χ1) is 12.0. The Balaban J connectivity index is 2.12. The molecule has 0 radical (unpaired) electrons. The Morgan fingerprint density at radius 2 is 1.80 bits per heavy atom. The topological polar surface area (TPSA) is 38.7 Å². The molecule has 0 fully saturated rings. The molecule has 0 heterocycles. The summed E-state index contributed by atoms with van der Waals surface area (Å²) in [6, 6.07) is 7.99. The van der Waals surface area contributed by atoms with Gasteiger partial charge in [-0.15, -0.1) is 5.92 Å². The second-order valence-corrected chi connectivity index (χ2v) is 6.92. The van der Waals surface area contributed by atoms with E-state index in [1.165, 1.54) is 5.56 Å². The molecule has 0 aliphatic rings.